The molecule has 0 heterocycles. The van der Waals surface area contributed by atoms with Gasteiger partial charge in [0.25, 0.3) is 0 Å². The van der Waals surface area contributed by atoms with E-state index < -0.39 is 5.82 Å². The standard InChI is InChI=1S/C14H20ClFN2O2/c1-14(2,5-6-19)9-18-13(20)17-8-10-3-4-12(16)11(15)7-10/h3-4,7,19H,5-6,8-9H2,1-2H3,(H2,17,18,20). The monoisotopic (exact) mass is 302 g/mol. The first-order valence-corrected chi connectivity index (χ1v) is 6.78. The number of hydrogen-bond acceptors (Lipinski definition) is 2. The highest BCUT2D eigenvalue weighted by Crippen LogP contribution is 2.18. The number of urea groups is 1. The number of rotatable bonds is 6. The second-order valence-corrected chi connectivity index (χ2v) is 5.83. The van der Waals surface area contributed by atoms with Crippen molar-refractivity contribution < 1.29 is 14.3 Å². The smallest absolute Gasteiger partial charge is 0.315 e. The molecule has 1 aromatic carbocycles. The number of carbonyl (C=O) groups excluding carboxylic acids is 1. The number of nitrogens with one attached hydrogen (secondary N) is 2. The van der Waals surface area contributed by atoms with Gasteiger partial charge in [0.1, 0.15) is 5.82 Å². The highest BCUT2D eigenvalue weighted by Gasteiger charge is 2.17. The van der Waals surface area contributed by atoms with Crippen molar-refractivity contribution in [2.24, 2.45) is 5.41 Å². The molecule has 0 saturated carbocycles. The summed E-state index contributed by atoms with van der Waals surface area (Å²) in [6.07, 6.45) is 0.612. The molecule has 0 aliphatic rings. The van der Waals surface area contributed by atoms with Crippen LogP contribution in [0.3, 0.4) is 0 Å². The zero-order valence-electron chi connectivity index (χ0n) is 11.7. The summed E-state index contributed by atoms with van der Waals surface area (Å²) in [4.78, 5) is 11.6. The van der Waals surface area contributed by atoms with E-state index in [4.69, 9.17) is 16.7 Å². The largest absolute Gasteiger partial charge is 0.396 e. The minimum atomic E-state index is -0.481. The Kier molecular flexibility index (Phi) is 6.23. The molecule has 0 bridgehead atoms. The minimum Gasteiger partial charge on any atom is -0.396 e. The molecule has 112 valence electrons. The lowest BCUT2D eigenvalue weighted by molar-refractivity contribution is 0.201. The van der Waals surface area contributed by atoms with Gasteiger partial charge in [-0.05, 0) is 29.5 Å². The maximum atomic E-state index is 13.0. The van der Waals surface area contributed by atoms with Crippen LogP contribution >= 0.6 is 11.6 Å². The lowest BCUT2D eigenvalue weighted by Crippen LogP contribution is -2.40. The first kappa shape index (κ1) is 16.7. The lowest BCUT2D eigenvalue weighted by Gasteiger charge is -2.23. The molecule has 0 unspecified atom stereocenters. The minimum absolute atomic E-state index is 0.0359. The average Bonchev–Trinajstić information content (AvgIpc) is 2.38. The van der Waals surface area contributed by atoms with Gasteiger partial charge in [-0.25, -0.2) is 9.18 Å². The van der Waals surface area contributed by atoms with Crippen LogP contribution in [0.4, 0.5) is 9.18 Å². The average molecular weight is 303 g/mol. The molecule has 2 amide bonds. The fraction of sp³-hybridized carbons (Fsp3) is 0.500. The van der Waals surface area contributed by atoms with E-state index in [1.807, 2.05) is 13.8 Å². The Labute approximate surface area is 123 Å². The molecule has 0 aromatic heterocycles. The van der Waals surface area contributed by atoms with Crippen LogP contribution in [-0.2, 0) is 6.54 Å². The van der Waals surface area contributed by atoms with Crippen LogP contribution in [-0.4, -0.2) is 24.3 Å². The van der Waals surface area contributed by atoms with E-state index in [9.17, 15) is 9.18 Å². The second-order valence-electron chi connectivity index (χ2n) is 5.42. The molecule has 0 aliphatic carbocycles. The molecule has 0 aliphatic heterocycles. The van der Waals surface area contributed by atoms with Crippen LogP contribution < -0.4 is 10.6 Å². The van der Waals surface area contributed by atoms with Gasteiger partial charge in [-0.3, -0.25) is 0 Å². The Morgan fingerprint density at radius 3 is 2.70 bits per heavy atom. The third kappa shape index (κ3) is 5.75. The molecule has 0 fully saturated rings. The Bertz CT molecular complexity index is 466. The quantitative estimate of drug-likeness (QED) is 0.756. The molecular weight excluding hydrogens is 283 g/mol. The molecule has 20 heavy (non-hydrogen) atoms. The number of aliphatic hydroxyl groups excluding tert-OH is 1. The predicted octanol–water partition coefficient (Wildman–Crippen LogP) is 2.69. The second kappa shape index (κ2) is 7.45. The molecule has 1 aromatic rings. The third-order valence-corrected chi connectivity index (χ3v) is 3.24. The summed E-state index contributed by atoms with van der Waals surface area (Å²) in [6.45, 7) is 4.74. The van der Waals surface area contributed by atoms with Gasteiger partial charge in [0.2, 0.25) is 0 Å². The summed E-state index contributed by atoms with van der Waals surface area (Å²) in [7, 11) is 0. The van der Waals surface area contributed by atoms with Crippen LogP contribution in [0.2, 0.25) is 5.02 Å². The van der Waals surface area contributed by atoms with Crippen molar-refractivity contribution in [1.29, 1.82) is 0 Å². The van der Waals surface area contributed by atoms with Crippen LogP contribution in [0.1, 0.15) is 25.8 Å². The van der Waals surface area contributed by atoms with E-state index >= 15 is 0 Å². The fourth-order valence-electron chi connectivity index (χ4n) is 1.61. The van der Waals surface area contributed by atoms with Gasteiger partial charge in [0.05, 0.1) is 5.02 Å². The SMILES string of the molecule is CC(C)(CCO)CNC(=O)NCc1ccc(F)c(Cl)c1. The maximum absolute atomic E-state index is 13.0. The molecule has 0 spiro atoms. The summed E-state index contributed by atoms with van der Waals surface area (Å²) in [5.74, 6) is -0.481. The van der Waals surface area contributed by atoms with Crippen molar-refractivity contribution in [2.75, 3.05) is 13.2 Å². The topological polar surface area (TPSA) is 61.4 Å². The summed E-state index contributed by atoms with van der Waals surface area (Å²) < 4.78 is 13.0. The molecule has 0 saturated heterocycles. The van der Waals surface area contributed by atoms with E-state index in [0.29, 0.717) is 13.0 Å². The fourth-order valence-corrected chi connectivity index (χ4v) is 1.81. The van der Waals surface area contributed by atoms with Gasteiger partial charge in [0.15, 0.2) is 0 Å². The Morgan fingerprint density at radius 2 is 2.10 bits per heavy atom. The number of amides is 2. The zero-order chi connectivity index (χ0) is 15.2. The molecule has 3 N–H and O–H groups in total. The number of halogens is 2. The van der Waals surface area contributed by atoms with Crippen molar-refractivity contribution in [3.63, 3.8) is 0 Å². The van der Waals surface area contributed by atoms with Gasteiger partial charge >= 0.3 is 6.03 Å². The van der Waals surface area contributed by atoms with Gasteiger partial charge < -0.3 is 15.7 Å². The number of hydrogen-bond donors (Lipinski definition) is 3. The van der Waals surface area contributed by atoms with E-state index in [1.54, 1.807) is 6.07 Å². The predicted molar refractivity (Wildman–Crippen MR) is 77.1 cm³/mol. The van der Waals surface area contributed by atoms with Crippen molar-refractivity contribution in [3.05, 3.63) is 34.6 Å². The zero-order valence-corrected chi connectivity index (χ0v) is 12.4. The molecular formula is C14H20ClFN2O2. The van der Waals surface area contributed by atoms with E-state index in [2.05, 4.69) is 10.6 Å². The lowest BCUT2D eigenvalue weighted by atomic mass is 9.90. The Hall–Kier alpha value is -1.33. The van der Waals surface area contributed by atoms with Crippen molar-refractivity contribution in [2.45, 2.75) is 26.8 Å². The van der Waals surface area contributed by atoms with Crippen LogP contribution in [0, 0.1) is 11.2 Å². The summed E-state index contributed by atoms with van der Waals surface area (Å²) in [5.41, 5.74) is 0.562. The molecule has 4 nitrogen and oxygen atoms in total. The first-order chi connectivity index (χ1) is 9.34. The normalized spacial score (nSPS) is 11.2. The molecule has 6 heteroatoms. The summed E-state index contributed by atoms with van der Waals surface area (Å²) in [5, 5.41) is 14.3. The third-order valence-electron chi connectivity index (χ3n) is 2.95. The number of aliphatic hydroxyl groups is 1. The van der Waals surface area contributed by atoms with Crippen LogP contribution in [0.15, 0.2) is 18.2 Å². The highest BCUT2D eigenvalue weighted by molar-refractivity contribution is 6.30. The van der Waals surface area contributed by atoms with Crippen molar-refractivity contribution in [1.82, 2.24) is 10.6 Å². The molecule has 1 rings (SSSR count). The summed E-state index contributed by atoms with van der Waals surface area (Å²) in [6, 6.07) is 4.00. The molecule has 0 radical (unpaired) electrons. The number of carbonyl (C=O) groups is 1. The van der Waals surface area contributed by atoms with Crippen molar-refractivity contribution in [3.8, 4) is 0 Å². The Balaban J connectivity index is 2.38. The van der Waals surface area contributed by atoms with E-state index in [0.717, 1.165) is 5.56 Å². The van der Waals surface area contributed by atoms with Gasteiger partial charge in [-0.1, -0.05) is 31.5 Å². The van der Waals surface area contributed by atoms with Crippen LogP contribution in [0.25, 0.3) is 0 Å². The first-order valence-electron chi connectivity index (χ1n) is 6.40. The van der Waals surface area contributed by atoms with E-state index in [1.165, 1.54) is 12.1 Å². The Morgan fingerprint density at radius 1 is 1.40 bits per heavy atom. The van der Waals surface area contributed by atoms with E-state index in [-0.39, 0.29) is 29.6 Å². The van der Waals surface area contributed by atoms with Gasteiger partial charge in [0, 0.05) is 19.7 Å². The van der Waals surface area contributed by atoms with Crippen LogP contribution in [0.5, 0.6) is 0 Å². The molecule has 0 atom stereocenters. The number of benzene rings is 1. The van der Waals surface area contributed by atoms with Gasteiger partial charge in [-0.15, -0.1) is 0 Å². The van der Waals surface area contributed by atoms with Crippen molar-refractivity contribution >= 4 is 17.6 Å². The highest BCUT2D eigenvalue weighted by atomic mass is 35.5. The van der Waals surface area contributed by atoms with Gasteiger partial charge in [-0.2, -0.15) is 0 Å². The summed E-state index contributed by atoms with van der Waals surface area (Å²) >= 11 is 5.66. The maximum Gasteiger partial charge on any atom is 0.315 e.